The highest BCUT2D eigenvalue weighted by molar-refractivity contribution is 7.85. The number of aliphatic carboxylic acids is 1. The van der Waals surface area contributed by atoms with Gasteiger partial charge < -0.3 is 72.6 Å². The first-order valence-corrected chi connectivity index (χ1v) is 21.8. The number of nitrogens with one attached hydrogen (secondary N) is 8. The number of aliphatic hydroxyl groups is 3. The molecule has 1 aromatic heterocycles. The molecule has 4 heterocycles. The Morgan fingerprint density at radius 1 is 0.859 bits per heavy atom. The van der Waals surface area contributed by atoms with Crippen molar-refractivity contribution in [2.24, 2.45) is 11.8 Å². The van der Waals surface area contributed by atoms with E-state index in [1.807, 2.05) is 0 Å². The van der Waals surface area contributed by atoms with Crippen LogP contribution in [0.4, 0.5) is 0 Å². The van der Waals surface area contributed by atoms with Crippen molar-refractivity contribution in [3.05, 3.63) is 23.8 Å². The molecule has 11 atom stereocenters. The lowest BCUT2D eigenvalue weighted by molar-refractivity contribution is -0.146. The van der Waals surface area contributed by atoms with Crippen LogP contribution in [0, 0.1) is 11.8 Å². The number of H-pyrrole nitrogens is 1. The summed E-state index contributed by atoms with van der Waals surface area (Å²) in [6, 6.07) is -6.28. The zero-order chi connectivity index (χ0) is 47.2. The van der Waals surface area contributed by atoms with Crippen LogP contribution in [0.2, 0.25) is 0 Å². The maximum Gasteiger partial charge on any atom is 0.305 e. The fraction of sp³-hybridized carbons (Fsp3) is 0.564. The number of hydrogen-bond acceptors (Lipinski definition) is 14. The predicted molar refractivity (Wildman–Crippen MR) is 221 cm³/mol. The number of nitrogens with zero attached hydrogens (tertiary/aromatic N) is 1. The Hall–Kier alpha value is -6.18. The molecule has 8 amide bonds. The van der Waals surface area contributed by atoms with E-state index in [9.17, 15) is 72.9 Å². The fourth-order valence-corrected chi connectivity index (χ4v) is 9.07. The quantitative estimate of drug-likeness (QED) is 0.123. The average Bonchev–Trinajstić information content (AvgIpc) is 3.82. The Labute approximate surface area is 367 Å². The zero-order valence-electron chi connectivity index (χ0n) is 35.0. The smallest absolute Gasteiger partial charge is 0.305 e. The van der Waals surface area contributed by atoms with E-state index in [0.717, 1.165) is 4.90 Å². The van der Waals surface area contributed by atoms with E-state index < -0.39 is 176 Å². The summed E-state index contributed by atoms with van der Waals surface area (Å²) in [4.78, 5) is 127. The summed E-state index contributed by atoms with van der Waals surface area (Å²) in [5.74, 6) is -12.9. The number of carboxylic acids is 1. The Morgan fingerprint density at radius 2 is 1.53 bits per heavy atom. The minimum atomic E-state index is -2.41. The minimum Gasteiger partial charge on any atom is -0.508 e. The Bertz CT molecular complexity index is 2200. The molecule has 2 bridgehead atoms. The number of carbonyl (C=O) groups is 9. The second kappa shape index (κ2) is 21.0. The van der Waals surface area contributed by atoms with E-state index in [0.29, 0.717) is 6.42 Å². The molecular formula is C39H53N9O15S. The van der Waals surface area contributed by atoms with E-state index in [1.54, 1.807) is 13.8 Å². The number of aromatic hydroxyl groups is 1. The van der Waals surface area contributed by atoms with Crippen LogP contribution < -0.4 is 37.2 Å². The first-order valence-electron chi connectivity index (χ1n) is 20.5. The van der Waals surface area contributed by atoms with E-state index in [4.69, 9.17) is 0 Å². The van der Waals surface area contributed by atoms with Crippen molar-refractivity contribution in [1.82, 2.24) is 47.1 Å². The van der Waals surface area contributed by atoms with Crippen molar-refractivity contribution < 1.29 is 72.9 Å². The van der Waals surface area contributed by atoms with Crippen LogP contribution in [0.1, 0.15) is 45.6 Å². The number of aliphatic hydroxyl groups excluding tert-OH is 3. The van der Waals surface area contributed by atoms with E-state index in [-0.39, 0.29) is 27.2 Å². The first kappa shape index (κ1) is 48.8. The molecule has 1 saturated heterocycles. The molecular weight excluding hydrogens is 867 g/mol. The van der Waals surface area contributed by atoms with Gasteiger partial charge in [0.1, 0.15) is 47.0 Å². The van der Waals surface area contributed by atoms with Crippen molar-refractivity contribution in [3.63, 3.8) is 0 Å². The minimum absolute atomic E-state index is 0.0635. The van der Waals surface area contributed by atoms with Gasteiger partial charge in [-0.3, -0.25) is 47.4 Å². The van der Waals surface area contributed by atoms with Gasteiger partial charge in [-0.15, -0.1) is 0 Å². The highest BCUT2D eigenvalue weighted by atomic mass is 32.2. The van der Waals surface area contributed by atoms with Crippen LogP contribution in [-0.2, 0) is 60.4 Å². The summed E-state index contributed by atoms with van der Waals surface area (Å²) in [6.45, 7) is 1.64. The number of aromatic amines is 1. The number of fused-ring (bicyclic) bond motifs is 5. The monoisotopic (exact) mass is 919 g/mol. The predicted octanol–water partition coefficient (Wildman–Crippen LogP) is -5.32. The topological polar surface area (TPSA) is 375 Å². The van der Waals surface area contributed by atoms with Crippen LogP contribution in [-0.4, -0.2) is 173 Å². The van der Waals surface area contributed by atoms with Crippen LogP contribution in [0.5, 0.6) is 5.75 Å². The number of amides is 8. The van der Waals surface area contributed by atoms with E-state index in [2.05, 4.69) is 42.2 Å². The summed E-state index contributed by atoms with van der Waals surface area (Å²) >= 11 is 0. The maximum atomic E-state index is 14.5. The molecule has 64 heavy (non-hydrogen) atoms. The molecule has 13 N–H and O–H groups in total. The molecule has 0 unspecified atom stereocenters. The zero-order valence-corrected chi connectivity index (χ0v) is 35.9. The van der Waals surface area contributed by atoms with Gasteiger partial charge >= 0.3 is 5.97 Å². The number of benzene rings is 1. The van der Waals surface area contributed by atoms with Crippen LogP contribution >= 0.6 is 0 Å². The van der Waals surface area contributed by atoms with Gasteiger partial charge in [0.05, 0.1) is 60.4 Å². The summed E-state index contributed by atoms with van der Waals surface area (Å²) in [5, 5.41) is 68.3. The van der Waals surface area contributed by atoms with E-state index >= 15 is 0 Å². The number of carbonyl (C=O) groups excluding carboxylic acids is 8. The van der Waals surface area contributed by atoms with Gasteiger partial charge in [-0.05, 0) is 23.6 Å². The summed E-state index contributed by atoms with van der Waals surface area (Å²) in [6.07, 6.45) is -4.74. The Morgan fingerprint density at radius 3 is 2.19 bits per heavy atom. The molecule has 3 aliphatic rings. The molecule has 350 valence electrons. The van der Waals surface area contributed by atoms with Gasteiger partial charge in [-0.25, -0.2) is 0 Å². The lowest BCUT2D eigenvalue weighted by atomic mass is 9.93. The van der Waals surface area contributed by atoms with Gasteiger partial charge in [0.2, 0.25) is 47.3 Å². The van der Waals surface area contributed by atoms with Gasteiger partial charge in [-0.1, -0.05) is 27.2 Å². The molecule has 3 aliphatic heterocycles. The molecule has 24 nitrogen and oxygen atoms in total. The molecule has 1 fully saturated rings. The molecule has 0 aliphatic carbocycles. The van der Waals surface area contributed by atoms with Gasteiger partial charge in [0.25, 0.3) is 0 Å². The summed E-state index contributed by atoms with van der Waals surface area (Å²) < 4.78 is 14.5. The Kier molecular flexibility index (Phi) is 16.0. The second-order valence-corrected chi connectivity index (χ2v) is 17.5. The van der Waals surface area contributed by atoms with Gasteiger partial charge in [-0.2, -0.15) is 0 Å². The number of carboxylic acid groups (broad SMARTS) is 1. The number of hydrogen-bond donors (Lipinski definition) is 13. The molecule has 1 aromatic carbocycles. The lowest BCUT2D eigenvalue weighted by Gasteiger charge is -2.32. The number of phenolic OH excluding ortho intramolecular Hbond substituents is 1. The van der Waals surface area contributed by atoms with Gasteiger partial charge in [0, 0.05) is 36.8 Å². The second-order valence-electron chi connectivity index (χ2n) is 16.1. The SMILES string of the molecule is CC[C@H](C)[C@@H]1NC(=O)CNC(=O)[C@H]2Cc3c([nH]c4cc(O)ccc34)[S@](=O)C[C@@H](NC(=O)CNC1=O)C(=O)N[C@H](CC(=O)O)C(=O)N1C[C@H](O)C[C@@H]1C(=O)N[C@H]([C@@H](C)[C@@H](O)CO)C(=O)N2. The van der Waals surface area contributed by atoms with Crippen molar-refractivity contribution in [2.75, 3.05) is 32.0 Å². The first-order chi connectivity index (χ1) is 30.2. The summed E-state index contributed by atoms with van der Waals surface area (Å²) in [7, 11) is -2.41. The molecule has 0 saturated carbocycles. The fourth-order valence-electron chi connectivity index (χ4n) is 7.67. The van der Waals surface area contributed by atoms with Crippen LogP contribution in [0.25, 0.3) is 10.9 Å². The van der Waals surface area contributed by atoms with Crippen molar-refractivity contribution >= 4 is 74.9 Å². The normalized spacial score (nSPS) is 28.5. The van der Waals surface area contributed by atoms with Crippen molar-refractivity contribution in [1.29, 1.82) is 0 Å². The molecule has 2 aromatic rings. The molecule has 25 heteroatoms. The van der Waals surface area contributed by atoms with E-state index in [1.165, 1.54) is 25.1 Å². The number of rotatable bonds is 7. The molecule has 0 radical (unpaired) electrons. The standard InChI is InChI=1S/C39H53N9O15S/c1-4-16(2)31-36(60)41-11-28(53)42-25-15-64(63)38-21(20-6-5-18(50)7-22(20)45-38)9-23(33(57)40-12-29(54)46-31)43-37(61)32(17(3)27(52)14-49)47-35(59)26-8-19(51)13-48(26)39(62)24(10-30(55)56)44-34(25)58/h5-7,16-17,19,23-27,31-32,45,49-52H,4,8-15H2,1-3H3,(H,40,57)(H,41,60)(H,42,53)(H,43,61)(H,44,58)(H,46,54)(H,47,59)(H,55,56)/t16-,17-,19+,23+,24+,25+,26+,27-,31-,32+,64+/m0/s1. The van der Waals surface area contributed by atoms with Crippen LogP contribution in [0.15, 0.2) is 23.2 Å². The van der Waals surface area contributed by atoms with Crippen molar-refractivity contribution in [2.45, 2.75) is 99.9 Å². The number of phenols is 1. The largest absolute Gasteiger partial charge is 0.508 e. The maximum absolute atomic E-state index is 14.5. The highest BCUT2D eigenvalue weighted by Crippen LogP contribution is 2.30. The third kappa shape index (κ3) is 11.5. The average molecular weight is 920 g/mol. The van der Waals surface area contributed by atoms with Crippen LogP contribution in [0.3, 0.4) is 0 Å². The molecule has 5 rings (SSSR count). The van der Waals surface area contributed by atoms with Crippen molar-refractivity contribution in [3.8, 4) is 5.75 Å². The highest BCUT2D eigenvalue weighted by Gasteiger charge is 2.45. The lowest BCUT2D eigenvalue weighted by Crippen LogP contribution is -2.62. The Balaban J connectivity index is 1.73. The number of aromatic nitrogens is 1. The third-order valence-electron chi connectivity index (χ3n) is 11.5. The third-order valence-corrected chi connectivity index (χ3v) is 12.9. The molecule has 0 spiro atoms. The van der Waals surface area contributed by atoms with Gasteiger partial charge in [0.15, 0.2) is 0 Å². The summed E-state index contributed by atoms with van der Waals surface area (Å²) in [5.41, 5.74) is 0.220.